The molecule has 1 aliphatic rings. The summed E-state index contributed by atoms with van der Waals surface area (Å²) >= 11 is 0. The van der Waals surface area contributed by atoms with Crippen molar-refractivity contribution < 1.29 is 9.47 Å². The van der Waals surface area contributed by atoms with Gasteiger partial charge in [-0.05, 0) is 74.9 Å². The molecule has 0 saturated carbocycles. The number of nitrogens with zero attached hydrogens (tertiary/aromatic N) is 3. The number of hydrogen-bond acceptors (Lipinski definition) is 5. The zero-order valence-electron chi connectivity index (χ0n) is 22.1. The molecular weight excluding hydrogens is 460 g/mol. The van der Waals surface area contributed by atoms with Crippen molar-refractivity contribution in [3.8, 4) is 17.0 Å². The van der Waals surface area contributed by atoms with Crippen LogP contribution in [0.4, 0.5) is 0 Å². The Morgan fingerprint density at radius 1 is 0.811 bits per heavy atom. The number of fused-ring (bicyclic) bond motifs is 3. The second-order valence-electron chi connectivity index (χ2n) is 10.3. The van der Waals surface area contributed by atoms with E-state index in [1.807, 2.05) is 24.7 Å². The molecule has 0 amide bonds. The zero-order valence-corrected chi connectivity index (χ0v) is 22.1. The monoisotopic (exact) mass is 500 g/mol. The third-order valence-electron chi connectivity index (χ3n) is 7.58. The first kappa shape index (κ1) is 25.7. The standard InChI is InChI=1S/C31H40N4O2/c1-35-29-14-15-32-23-28(29)27-12-10-25(19-30(27)35)26-11-13-31(34-22-26)37-18-8-4-7-17-36-16-6-3-2-5-9-24-20-33-21-24/h10-15,19,22-24,33H,2-9,16-18,20-21H2,1H3. The highest BCUT2D eigenvalue weighted by atomic mass is 16.5. The maximum atomic E-state index is 5.87. The highest BCUT2D eigenvalue weighted by Crippen LogP contribution is 2.31. The van der Waals surface area contributed by atoms with E-state index in [0.717, 1.165) is 49.5 Å². The maximum absolute atomic E-state index is 5.87. The molecule has 4 heterocycles. The molecule has 1 aromatic carbocycles. The van der Waals surface area contributed by atoms with Crippen molar-refractivity contribution in [3.05, 3.63) is 55.0 Å². The van der Waals surface area contributed by atoms with Gasteiger partial charge < -0.3 is 19.4 Å². The Hall–Kier alpha value is -2.96. The van der Waals surface area contributed by atoms with Gasteiger partial charge in [0.15, 0.2) is 0 Å². The molecule has 6 nitrogen and oxygen atoms in total. The molecule has 4 aromatic rings. The molecule has 1 fully saturated rings. The summed E-state index contributed by atoms with van der Waals surface area (Å²) in [6.07, 6.45) is 15.5. The third kappa shape index (κ3) is 6.68. The average molecular weight is 501 g/mol. The lowest BCUT2D eigenvalue weighted by molar-refractivity contribution is 0.124. The van der Waals surface area contributed by atoms with Crippen molar-refractivity contribution in [1.29, 1.82) is 0 Å². The van der Waals surface area contributed by atoms with E-state index < -0.39 is 0 Å². The van der Waals surface area contributed by atoms with E-state index in [1.54, 1.807) is 0 Å². The Bertz CT molecular complexity index is 1260. The maximum Gasteiger partial charge on any atom is 0.213 e. The Kier molecular flexibility index (Phi) is 9.04. The molecule has 37 heavy (non-hydrogen) atoms. The van der Waals surface area contributed by atoms with Crippen LogP contribution in [-0.2, 0) is 11.8 Å². The normalized spacial score (nSPS) is 13.9. The topological polar surface area (TPSA) is 61.2 Å². The van der Waals surface area contributed by atoms with E-state index in [1.165, 1.54) is 67.0 Å². The van der Waals surface area contributed by atoms with Gasteiger partial charge in [0.05, 0.1) is 12.1 Å². The molecule has 6 heteroatoms. The van der Waals surface area contributed by atoms with E-state index in [0.29, 0.717) is 12.5 Å². The average Bonchev–Trinajstić information content (AvgIpc) is 3.19. The quantitative estimate of drug-likeness (QED) is 0.188. The van der Waals surface area contributed by atoms with Crippen molar-refractivity contribution in [1.82, 2.24) is 19.9 Å². The molecule has 0 unspecified atom stereocenters. The minimum absolute atomic E-state index is 0.685. The van der Waals surface area contributed by atoms with Crippen LogP contribution in [0.15, 0.2) is 55.0 Å². The molecule has 0 bridgehead atoms. The van der Waals surface area contributed by atoms with Gasteiger partial charge in [-0.15, -0.1) is 0 Å². The summed E-state index contributed by atoms with van der Waals surface area (Å²) in [4.78, 5) is 8.83. The van der Waals surface area contributed by atoms with E-state index in [2.05, 4.69) is 57.2 Å². The summed E-state index contributed by atoms with van der Waals surface area (Å²) in [6.45, 7) is 4.93. The minimum Gasteiger partial charge on any atom is -0.478 e. The first-order chi connectivity index (χ1) is 18.3. The van der Waals surface area contributed by atoms with Crippen LogP contribution in [0.5, 0.6) is 5.88 Å². The highest BCUT2D eigenvalue weighted by Gasteiger charge is 2.15. The summed E-state index contributed by atoms with van der Waals surface area (Å²) in [5, 5.41) is 5.75. The van der Waals surface area contributed by atoms with Crippen LogP contribution in [0.3, 0.4) is 0 Å². The molecule has 0 aliphatic carbocycles. The predicted molar refractivity (Wildman–Crippen MR) is 151 cm³/mol. The smallest absolute Gasteiger partial charge is 0.213 e. The lowest BCUT2D eigenvalue weighted by Crippen LogP contribution is -2.41. The number of rotatable bonds is 15. The second-order valence-corrected chi connectivity index (χ2v) is 10.3. The van der Waals surface area contributed by atoms with E-state index in [-0.39, 0.29) is 0 Å². The van der Waals surface area contributed by atoms with E-state index >= 15 is 0 Å². The number of ether oxygens (including phenoxy) is 2. The van der Waals surface area contributed by atoms with Crippen molar-refractivity contribution in [2.24, 2.45) is 13.0 Å². The van der Waals surface area contributed by atoms with Crippen LogP contribution in [-0.4, -0.2) is 47.4 Å². The Morgan fingerprint density at radius 2 is 1.59 bits per heavy atom. The number of aromatic nitrogens is 3. The summed E-state index contributed by atoms with van der Waals surface area (Å²) < 4.78 is 13.9. The molecule has 196 valence electrons. The number of unbranched alkanes of at least 4 members (excludes halogenated alkanes) is 5. The lowest BCUT2D eigenvalue weighted by Gasteiger charge is -2.26. The Balaban J connectivity index is 0.965. The van der Waals surface area contributed by atoms with Crippen molar-refractivity contribution in [2.75, 3.05) is 32.9 Å². The van der Waals surface area contributed by atoms with Crippen molar-refractivity contribution in [3.63, 3.8) is 0 Å². The fourth-order valence-corrected chi connectivity index (χ4v) is 5.17. The number of hydrogen-bond donors (Lipinski definition) is 1. The first-order valence-electron chi connectivity index (χ1n) is 14.0. The summed E-state index contributed by atoms with van der Waals surface area (Å²) in [5.74, 6) is 1.64. The highest BCUT2D eigenvalue weighted by molar-refractivity contribution is 6.08. The molecule has 1 aliphatic heterocycles. The Morgan fingerprint density at radius 3 is 2.38 bits per heavy atom. The second kappa shape index (κ2) is 13.0. The molecule has 5 rings (SSSR count). The molecule has 0 radical (unpaired) electrons. The number of pyridine rings is 2. The SMILES string of the molecule is Cn1c2ccncc2c2ccc(-c3ccc(OCCCCCOCCCCCCC4CNC4)nc3)cc21. The summed E-state index contributed by atoms with van der Waals surface area (Å²) in [6, 6.07) is 12.7. The Labute approximate surface area is 220 Å². The van der Waals surface area contributed by atoms with Gasteiger partial charge in [0.2, 0.25) is 5.88 Å². The molecule has 1 N–H and O–H groups in total. The summed E-state index contributed by atoms with van der Waals surface area (Å²) in [5.41, 5.74) is 4.63. The van der Waals surface area contributed by atoms with Crippen LogP contribution in [0.2, 0.25) is 0 Å². The van der Waals surface area contributed by atoms with Crippen LogP contribution in [0, 0.1) is 5.92 Å². The van der Waals surface area contributed by atoms with Gasteiger partial charge in [-0.3, -0.25) is 4.98 Å². The summed E-state index contributed by atoms with van der Waals surface area (Å²) in [7, 11) is 2.10. The van der Waals surface area contributed by atoms with Gasteiger partial charge in [0, 0.05) is 66.8 Å². The van der Waals surface area contributed by atoms with Gasteiger partial charge in [-0.1, -0.05) is 31.4 Å². The lowest BCUT2D eigenvalue weighted by atomic mass is 9.96. The first-order valence-corrected chi connectivity index (χ1v) is 14.0. The van der Waals surface area contributed by atoms with Crippen molar-refractivity contribution in [2.45, 2.75) is 51.4 Å². The zero-order chi connectivity index (χ0) is 25.3. The van der Waals surface area contributed by atoms with Gasteiger partial charge in [-0.2, -0.15) is 0 Å². The predicted octanol–water partition coefficient (Wildman–Crippen LogP) is 6.52. The van der Waals surface area contributed by atoms with Crippen LogP contribution >= 0.6 is 0 Å². The molecule has 0 spiro atoms. The van der Waals surface area contributed by atoms with Crippen LogP contribution in [0.25, 0.3) is 32.9 Å². The molecule has 0 atom stereocenters. The largest absolute Gasteiger partial charge is 0.478 e. The van der Waals surface area contributed by atoms with Gasteiger partial charge in [-0.25, -0.2) is 4.98 Å². The van der Waals surface area contributed by atoms with Gasteiger partial charge in [0.25, 0.3) is 0 Å². The fraction of sp³-hybridized carbons (Fsp3) is 0.484. The van der Waals surface area contributed by atoms with Gasteiger partial charge in [0.1, 0.15) is 0 Å². The van der Waals surface area contributed by atoms with E-state index in [9.17, 15) is 0 Å². The van der Waals surface area contributed by atoms with Crippen molar-refractivity contribution >= 4 is 21.8 Å². The third-order valence-corrected chi connectivity index (χ3v) is 7.58. The fourth-order valence-electron chi connectivity index (χ4n) is 5.17. The minimum atomic E-state index is 0.685. The van der Waals surface area contributed by atoms with E-state index in [4.69, 9.17) is 9.47 Å². The number of nitrogens with one attached hydrogen (secondary N) is 1. The molecular formula is C31H40N4O2. The molecule has 3 aromatic heterocycles. The number of aryl methyl sites for hydroxylation is 1. The van der Waals surface area contributed by atoms with Crippen LogP contribution < -0.4 is 10.1 Å². The van der Waals surface area contributed by atoms with Gasteiger partial charge >= 0.3 is 0 Å². The molecule has 1 saturated heterocycles. The number of benzene rings is 1. The van der Waals surface area contributed by atoms with Crippen LogP contribution in [0.1, 0.15) is 51.4 Å².